The van der Waals surface area contributed by atoms with Crippen molar-refractivity contribution in [3.63, 3.8) is 0 Å². The Hall–Kier alpha value is -2.46. The highest BCUT2D eigenvalue weighted by Gasteiger charge is 2.22. The fourth-order valence-electron chi connectivity index (χ4n) is 3.30. The van der Waals surface area contributed by atoms with Gasteiger partial charge in [0.05, 0.1) is 18.8 Å². The van der Waals surface area contributed by atoms with Crippen molar-refractivity contribution < 1.29 is 14.5 Å². The Morgan fingerprint density at radius 3 is 2.36 bits per heavy atom. The third-order valence-electron chi connectivity index (χ3n) is 4.87. The summed E-state index contributed by atoms with van der Waals surface area (Å²) >= 11 is 0. The van der Waals surface area contributed by atoms with Crippen molar-refractivity contribution in [2.24, 2.45) is 5.92 Å². The van der Waals surface area contributed by atoms with Gasteiger partial charge in [-0.25, -0.2) is 0 Å². The predicted molar refractivity (Wildman–Crippen MR) is 98.9 cm³/mol. The molecule has 3 rings (SSSR count). The first-order valence-corrected chi connectivity index (χ1v) is 8.95. The summed E-state index contributed by atoms with van der Waals surface area (Å²) in [7, 11) is 0. The van der Waals surface area contributed by atoms with E-state index >= 15 is 0 Å². The van der Waals surface area contributed by atoms with Gasteiger partial charge in [-0.15, -0.1) is 0 Å². The molecule has 1 aliphatic heterocycles. The highest BCUT2D eigenvalue weighted by Crippen LogP contribution is 2.19. The summed E-state index contributed by atoms with van der Waals surface area (Å²) in [6.07, 6.45) is 2.34. The number of carbonyl (C=O) groups is 2. The van der Waals surface area contributed by atoms with Crippen LogP contribution in [0.3, 0.4) is 0 Å². The van der Waals surface area contributed by atoms with Crippen molar-refractivity contribution >= 4 is 17.4 Å². The first kappa shape index (κ1) is 17.4. The molecule has 0 atom stereocenters. The molecule has 25 heavy (non-hydrogen) atoms. The second kappa shape index (κ2) is 8.08. The maximum Gasteiger partial charge on any atom is 0.279 e. The molecule has 130 valence electrons. The highest BCUT2D eigenvalue weighted by molar-refractivity contribution is 6.13. The second-order valence-corrected chi connectivity index (χ2v) is 6.90. The predicted octanol–water partition coefficient (Wildman–Crippen LogP) is 2.17. The van der Waals surface area contributed by atoms with Crippen LogP contribution in [-0.4, -0.2) is 31.3 Å². The van der Waals surface area contributed by atoms with Crippen LogP contribution in [0.2, 0.25) is 0 Å². The summed E-state index contributed by atoms with van der Waals surface area (Å²) < 4.78 is 0. The number of hydrogen-bond acceptors (Lipinski definition) is 2. The number of anilines is 1. The number of amides is 1. The lowest BCUT2D eigenvalue weighted by molar-refractivity contribution is -0.897. The van der Waals surface area contributed by atoms with Gasteiger partial charge in [-0.05, 0) is 30.9 Å². The number of piperidine rings is 1. The maximum atomic E-state index is 12.7. The van der Waals surface area contributed by atoms with Crippen LogP contribution in [0.1, 0.15) is 35.7 Å². The van der Waals surface area contributed by atoms with Gasteiger partial charge in [-0.1, -0.05) is 49.4 Å². The molecule has 1 heterocycles. The number of benzene rings is 2. The van der Waals surface area contributed by atoms with Crippen LogP contribution in [0.25, 0.3) is 0 Å². The largest absolute Gasteiger partial charge is 0.327 e. The molecule has 2 aromatic rings. The average Bonchev–Trinajstić information content (AvgIpc) is 2.64. The van der Waals surface area contributed by atoms with Crippen LogP contribution in [0, 0.1) is 5.92 Å². The summed E-state index contributed by atoms with van der Waals surface area (Å²) in [5.74, 6) is 0.657. The van der Waals surface area contributed by atoms with Gasteiger partial charge in [0.2, 0.25) is 0 Å². The lowest BCUT2D eigenvalue weighted by atomic mass is 9.99. The molecule has 0 saturated carbocycles. The molecular formula is C21H25N2O2+. The second-order valence-electron chi connectivity index (χ2n) is 6.90. The van der Waals surface area contributed by atoms with Crippen LogP contribution in [-0.2, 0) is 4.79 Å². The Balaban J connectivity index is 1.68. The van der Waals surface area contributed by atoms with Gasteiger partial charge >= 0.3 is 0 Å². The molecule has 1 saturated heterocycles. The number of hydrogen-bond donors (Lipinski definition) is 2. The van der Waals surface area contributed by atoms with Crippen LogP contribution >= 0.6 is 0 Å². The van der Waals surface area contributed by atoms with Crippen LogP contribution in [0.15, 0.2) is 54.6 Å². The zero-order chi connectivity index (χ0) is 17.6. The molecular weight excluding hydrogens is 312 g/mol. The summed E-state index contributed by atoms with van der Waals surface area (Å²) in [6, 6.07) is 16.4. The van der Waals surface area contributed by atoms with Gasteiger partial charge in [0.15, 0.2) is 12.3 Å². The van der Waals surface area contributed by atoms with Crippen molar-refractivity contribution in [2.75, 3.05) is 25.0 Å². The SMILES string of the molecule is CC1CC[NH+](CC(=O)Nc2ccccc2C(=O)c2ccccc2)CC1. The van der Waals surface area contributed by atoms with Crippen molar-refractivity contribution in [1.29, 1.82) is 0 Å². The minimum atomic E-state index is -0.0735. The quantitative estimate of drug-likeness (QED) is 0.822. The molecule has 4 heteroatoms. The third-order valence-corrected chi connectivity index (χ3v) is 4.87. The molecule has 0 aromatic heterocycles. The van der Waals surface area contributed by atoms with Crippen molar-refractivity contribution in [2.45, 2.75) is 19.8 Å². The van der Waals surface area contributed by atoms with Crippen LogP contribution in [0.4, 0.5) is 5.69 Å². The molecule has 1 fully saturated rings. The van der Waals surface area contributed by atoms with E-state index in [1.807, 2.05) is 30.3 Å². The molecule has 0 aliphatic carbocycles. The summed E-state index contributed by atoms with van der Waals surface area (Å²) in [4.78, 5) is 26.5. The maximum absolute atomic E-state index is 12.7. The zero-order valence-corrected chi connectivity index (χ0v) is 14.6. The van der Waals surface area contributed by atoms with Gasteiger partial charge in [0.25, 0.3) is 5.91 Å². The Bertz CT molecular complexity index is 735. The van der Waals surface area contributed by atoms with Gasteiger partial charge in [-0.2, -0.15) is 0 Å². The molecule has 2 aromatic carbocycles. The number of quaternary nitrogens is 1. The van der Waals surface area contributed by atoms with E-state index in [9.17, 15) is 9.59 Å². The van der Waals surface area contributed by atoms with E-state index in [0.717, 1.165) is 19.0 Å². The van der Waals surface area contributed by atoms with E-state index in [1.54, 1.807) is 24.3 Å². The number of likely N-dealkylation sites (tertiary alicyclic amines) is 1. The summed E-state index contributed by atoms with van der Waals surface area (Å²) in [5.41, 5.74) is 1.75. The minimum absolute atomic E-state index is 0.0298. The molecule has 0 radical (unpaired) electrons. The monoisotopic (exact) mass is 337 g/mol. The smallest absolute Gasteiger partial charge is 0.279 e. The normalized spacial score (nSPS) is 20.0. The van der Waals surface area contributed by atoms with E-state index in [4.69, 9.17) is 0 Å². The average molecular weight is 337 g/mol. The van der Waals surface area contributed by atoms with Gasteiger partial charge in [0, 0.05) is 11.1 Å². The Labute approximate surface area is 148 Å². The van der Waals surface area contributed by atoms with Crippen LogP contribution in [0.5, 0.6) is 0 Å². The molecule has 0 unspecified atom stereocenters. The van der Waals surface area contributed by atoms with Crippen LogP contribution < -0.4 is 10.2 Å². The van der Waals surface area contributed by atoms with E-state index < -0.39 is 0 Å². The van der Waals surface area contributed by atoms with Gasteiger partial charge < -0.3 is 10.2 Å². The highest BCUT2D eigenvalue weighted by atomic mass is 16.2. The first-order chi connectivity index (χ1) is 12.1. The fraction of sp³-hybridized carbons (Fsp3) is 0.333. The number of carbonyl (C=O) groups excluding carboxylic acids is 2. The standard InChI is InChI=1S/C21H24N2O2/c1-16-11-13-23(14-12-16)15-20(24)22-19-10-6-5-9-18(19)21(25)17-7-3-2-4-8-17/h2-10,16H,11-15H2,1H3,(H,22,24)/p+1. The molecule has 2 N–H and O–H groups in total. The topological polar surface area (TPSA) is 50.6 Å². The Morgan fingerprint density at radius 2 is 1.64 bits per heavy atom. The van der Waals surface area contributed by atoms with E-state index in [-0.39, 0.29) is 11.7 Å². The lowest BCUT2D eigenvalue weighted by Crippen LogP contribution is -3.14. The Morgan fingerprint density at radius 1 is 1.00 bits per heavy atom. The summed E-state index contributed by atoms with van der Waals surface area (Å²) in [6.45, 7) is 4.81. The minimum Gasteiger partial charge on any atom is -0.327 e. The first-order valence-electron chi connectivity index (χ1n) is 8.95. The van der Waals surface area contributed by atoms with E-state index in [0.29, 0.717) is 23.4 Å². The van der Waals surface area contributed by atoms with Crippen molar-refractivity contribution in [3.05, 3.63) is 65.7 Å². The number of nitrogens with one attached hydrogen (secondary N) is 2. The third kappa shape index (κ3) is 4.54. The van der Waals surface area contributed by atoms with Crippen molar-refractivity contribution in [3.8, 4) is 0 Å². The number of ketones is 1. The molecule has 0 spiro atoms. The summed E-state index contributed by atoms with van der Waals surface area (Å²) in [5, 5.41) is 2.94. The van der Waals surface area contributed by atoms with Gasteiger partial charge in [0.1, 0.15) is 0 Å². The number of para-hydroxylation sites is 1. The molecule has 4 nitrogen and oxygen atoms in total. The number of rotatable bonds is 5. The lowest BCUT2D eigenvalue weighted by Gasteiger charge is -2.26. The fourth-order valence-corrected chi connectivity index (χ4v) is 3.30. The molecule has 1 aliphatic rings. The Kier molecular flexibility index (Phi) is 5.61. The van der Waals surface area contributed by atoms with Crippen molar-refractivity contribution in [1.82, 2.24) is 0 Å². The van der Waals surface area contributed by atoms with Gasteiger partial charge in [-0.3, -0.25) is 9.59 Å². The molecule has 1 amide bonds. The zero-order valence-electron chi connectivity index (χ0n) is 14.6. The van der Waals surface area contributed by atoms with E-state index in [1.165, 1.54) is 17.7 Å². The molecule has 0 bridgehead atoms. The van der Waals surface area contributed by atoms with E-state index in [2.05, 4.69) is 12.2 Å².